The van der Waals surface area contributed by atoms with Gasteiger partial charge in [-0.1, -0.05) is 25.3 Å². The first-order valence-corrected chi connectivity index (χ1v) is 10.5. The van der Waals surface area contributed by atoms with Gasteiger partial charge in [0.25, 0.3) is 23.6 Å². The van der Waals surface area contributed by atoms with E-state index < -0.39 is 47.8 Å². The Morgan fingerprint density at radius 2 is 1.79 bits per heavy atom. The van der Waals surface area contributed by atoms with Crippen LogP contribution in [0.5, 0.6) is 0 Å². The highest BCUT2D eigenvalue weighted by Crippen LogP contribution is 2.33. The monoisotopic (exact) mass is 454 g/mol. The van der Waals surface area contributed by atoms with Crippen molar-refractivity contribution in [2.75, 3.05) is 13.2 Å². The largest absolute Gasteiger partial charge is 0.452 e. The Balaban J connectivity index is 1.36. The second kappa shape index (κ2) is 8.49. The number of hydrazine groups is 1. The molecule has 2 N–H and O–H groups in total. The van der Waals surface area contributed by atoms with Gasteiger partial charge in [0, 0.05) is 6.54 Å². The molecule has 6 amide bonds. The summed E-state index contributed by atoms with van der Waals surface area (Å²) in [7, 11) is 0. The summed E-state index contributed by atoms with van der Waals surface area (Å²) in [6.45, 7) is 2.79. The van der Waals surface area contributed by atoms with Crippen LogP contribution < -0.4 is 10.7 Å². The zero-order valence-corrected chi connectivity index (χ0v) is 17.7. The lowest BCUT2D eigenvalue weighted by molar-refractivity contribution is -0.140. The number of nitrogens with one attached hydrogen (secondary N) is 2. The van der Waals surface area contributed by atoms with Crippen molar-refractivity contribution >= 4 is 35.6 Å². The molecule has 1 saturated heterocycles. The van der Waals surface area contributed by atoms with Crippen LogP contribution in [0.2, 0.25) is 0 Å². The van der Waals surface area contributed by atoms with Gasteiger partial charge < -0.3 is 10.1 Å². The van der Waals surface area contributed by atoms with E-state index in [1.54, 1.807) is 0 Å². The molecule has 0 atom stereocenters. The Morgan fingerprint density at radius 3 is 2.48 bits per heavy atom. The third-order valence-electron chi connectivity index (χ3n) is 5.96. The lowest BCUT2D eigenvalue weighted by Gasteiger charge is -2.30. The normalized spacial score (nSPS) is 18.9. The number of rotatable bonds is 6. The van der Waals surface area contributed by atoms with Crippen LogP contribution in [0.25, 0.3) is 0 Å². The third-order valence-corrected chi connectivity index (χ3v) is 5.96. The van der Waals surface area contributed by atoms with Crippen LogP contribution in [0, 0.1) is 0 Å². The molecule has 1 saturated carbocycles. The summed E-state index contributed by atoms with van der Waals surface area (Å²) in [5.41, 5.74) is 1.36. The fraction of sp³-hybridized carbons (Fsp3) is 0.364. The van der Waals surface area contributed by atoms with E-state index in [2.05, 4.69) is 17.3 Å². The number of nitrogens with zero attached hydrogens (tertiary/aromatic N) is 2. The van der Waals surface area contributed by atoms with Crippen molar-refractivity contribution in [1.29, 1.82) is 0 Å². The van der Waals surface area contributed by atoms with Gasteiger partial charge in [0.05, 0.1) is 16.7 Å². The third kappa shape index (κ3) is 3.86. The molecule has 3 aliphatic rings. The van der Waals surface area contributed by atoms with Crippen molar-refractivity contribution in [2.24, 2.45) is 0 Å². The second-order valence-electron chi connectivity index (χ2n) is 8.09. The molecule has 11 heteroatoms. The molecule has 0 unspecified atom stereocenters. The molecule has 172 valence electrons. The lowest BCUT2D eigenvalue weighted by Crippen LogP contribution is -2.51. The van der Waals surface area contributed by atoms with Crippen molar-refractivity contribution in [3.63, 3.8) is 0 Å². The van der Waals surface area contributed by atoms with E-state index in [-0.39, 0.29) is 23.2 Å². The smallest absolute Gasteiger partial charge is 0.344 e. The number of esters is 1. The first kappa shape index (κ1) is 22.2. The van der Waals surface area contributed by atoms with E-state index in [4.69, 9.17) is 4.74 Å². The van der Waals surface area contributed by atoms with Crippen molar-refractivity contribution in [3.8, 4) is 0 Å². The highest BCUT2D eigenvalue weighted by atomic mass is 16.5. The quantitative estimate of drug-likeness (QED) is 0.282. The molecule has 11 nitrogen and oxygen atoms in total. The average molecular weight is 454 g/mol. The Morgan fingerprint density at radius 1 is 1.09 bits per heavy atom. The van der Waals surface area contributed by atoms with E-state index in [0.717, 1.165) is 24.2 Å². The molecule has 0 bridgehead atoms. The second-order valence-corrected chi connectivity index (χ2v) is 8.09. The molecule has 1 aromatic carbocycles. The van der Waals surface area contributed by atoms with Gasteiger partial charge in [-0.05, 0) is 31.0 Å². The Kier molecular flexibility index (Phi) is 5.71. The van der Waals surface area contributed by atoms with Crippen LogP contribution in [0.1, 0.15) is 63.2 Å². The molecular weight excluding hydrogens is 432 g/mol. The highest BCUT2D eigenvalue weighted by molar-refractivity contribution is 6.22. The van der Waals surface area contributed by atoms with Crippen LogP contribution in [0.15, 0.2) is 30.9 Å². The van der Waals surface area contributed by atoms with Crippen LogP contribution in [-0.2, 0) is 14.3 Å². The summed E-state index contributed by atoms with van der Waals surface area (Å²) in [6, 6.07) is 3.15. The fourth-order valence-corrected chi connectivity index (χ4v) is 4.30. The number of hydrogen-bond acceptors (Lipinski definition) is 7. The van der Waals surface area contributed by atoms with Gasteiger partial charge in [-0.3, -0.25) is 29.5 Å². The SMILES string of the molecule is C=CCN1C(=O)c2ccc(C(=O)OCC(=O)NN3C(=O)NC4(CCCCC4)C3=O)cc2C1=O. The molecule has 1 spiro atoms. The summed E-state index contributed by atoms with van der Waals surface area (Å²) >= 11 is 0. The predicted molar refractivity (Wildman–Crippen MR) is 112 cm³/mol. The van der Waals surface area contributed by atoms with Gasteiger partial charge in [-0.2, -0.15) is 5.01 Å². The van der Waals surface area contributed by atoms with E-state index in [9.17, 15) is 28.8 Å². The average Bonchev–Trinajstić information content (AvgIpc) is 3.18. The lowest BCUT2D eigenvalue weighted by atomic mass is 9.82. The summed E-state index contributed by atoms with van der Waals surface area (Å²) in [5, 5.41) is 3.28. The van der Waals surface area contributed by atoms with Crippen molar-refractivity contribution in [2.45, 2.75) is 37.6 Å². The van der Waals surface area contributed by atoms with Crippen LogP contribution in [0.4, 0.5) is 4.79 Å². The van der Waals surface area contributed by atoms with Crippen LogP contribution in [-0.4, -0.2) is 64.2 Å². The molecule has 33 heavy (non-hydrogen) atoms. The van der Waals surface area contributed by atoms with Crippen molar-refractivity contribution in [1.82, 2.24) is 20.7 Å². The molecule has 2 fully saturated rings. The summed E-state index contributed by atoms with van der Waals surface area (Å²) < 4.78 is 4.96. The topological polar surface area (TPSA) is 142 Å². The van der Waals surface area contributed by atoms with Crippen LogP contribution in [0.3, 0.4) is 0 Å². The van der Waals surface area contributed by atoms with E-state index in [0.29, 0.717) is 17.9 Å². The summed E-state index contributed by atoms with van der Waals surface area (Å²) in [4.78, 5) is 75.1. The molecule has 2 aliphatic heterocycles. The van der Waals surface area contributed by atoms with Crippen molar-refractivity contribution in [3.05, 3.63) is 47.5 Å². The van der Waals surface area contributed by atoms with Gasteiger partial charge >= 0.3 is 12.0 Å². The maximum Gasteiger partial charge on any atom is 0.344 e. The zero-order chi connectivity index (χ0) is 23.8. The van der Waals surface area contributed by atoms with Gasteiger partial charge in [0.15, 0.2) is 6.61 Å². The Hall–Kier alpha value is -4.02. The number of benzene rings is 1. The molecule has 1 aromatic rings. The molecule has 4 rings (SSSR count). The molecule has 2 heterocycles. The van der Waals surface area contributed by atoms with Gasteiger partial charge in [0.1, 0.15) is 5.54 Å². The molecule has 1 aliphatic carbocycles. The summed E-state index contributed by atoms with van der Waals surface area (Å²) in [6.07, 6.45) is 4.99. The number of ether oxygens (including phenoxy) is 1. The molecular formula is C22H22N4O7. The minimum Gasteiger partial charge on any atom is -0.452 e. The predicted octanol–water partition coefficient (Wildman–Crippen LogP) is 0.911. The van der Waals surface area contributed by atoms with E-state index in [1.807, 2.05) is 0 Å². The highest BCUT2D eigenvalue weighted by Gasteiger charge is 2.52. The number of carbonyl (C=O) groups excluding carboxylic acids is 6. The maximum atomic E-state index is 12.7. The maximum absolute atomic E-state index is 12.7. The van der Waals surface area contributed by atoms with Gasteiger partial charge in [0.2, 0.25) is 0 Å². The zero-order valence-electron chi connectivity index (χ0n) is 17.7. The number of carbonyl (C=O) groups is 6. The Bertz CT molecular complexity index is 1090. The van der Waals surface area contributed by atoms with Gasteiger partial charge in [-0.15, -0.1) is 6.58 Å². The first-order valence-electron chi connectivity index (χ1n) is 10.5. The number of amides is 6. The molecule has 0 radical (unpaired) electrons. The fourth-order valence-electron chi connectivity index (χ4n) is 4.30. The number of imide groups is 2. The van der Waals surface area contributed by atoms with E-state index >= 15 is 0 Å². The minimum absolute atomic E-state index is 0.0284. The van der Waals surface area contributed by atoms with Crippen molar-refractivity contribution < 1.29 is 33.5 Å². The number of fused-ring (bicyclic) bond motifs is 1. The van der Waals surface area contributed by atoms with E-state index in [1.165, 1.54) is 24.3 Å². The van der Waals surface area contributed by atoms with Gasteiger partial charge in [-0.25, -0.2) is 9.59 Å². The van der Waals surface area contributed by atoms with Crippen LogP contribution >= 0.6 is 0 Å². The standard InChI is InChI=1S/C22H22N4O7/c1-2-10-25-17(28)14-7-6-13(11-15(14)18(25)29)19(30)33-12-16(27)24-26-20(31)22(23-21(26)32)8-4-3-5-9-22/h2,6-7,11H,1,3-5,8-10,12H2,(H,23,32)(H,24,27). The number of urea groups is 1. The summed E-state index contributed by atoms with van der Waals surface area (Å²) in [5.74, 6) is -3.35. The Labute approximate surface area is 188 Å². The molecule has 0 aromatic heterocycles. The first-order chi connectivity index (χ1) is 15.8. The minimum atomic E-state index is -0.993. The number of hydrogen-bond donors (Lipinski definition) is 2.